The topological polar surface area (TPSA) is 43.7 Å². The third-order valence-electron chi connectivity index (χ3n) is 2.29. The predicted molar refractivity (Wildman–Crippen MR) is 54.1 cm³/mol. The van der Waals surface area contributed by atoms with Crippen LogP contribution in [-0.4, -0.2) is 15.6 Å². The second-order valence-electron chi connectivity index (χ2n) is 3.39. The van der Waals surface area contributed by atoms with Crippen molar-refractivity contribution in [3.8, 4) is 0 Å². The molecule has 0 aliphatic heterocycles. The van der Waals surface area contributed by atoms with Gasteiger partial charge in [0, 0.05) is 0 Å². The summed E-state index contributed by atoms with van der Waals surface area (Å²) in [5.41, 5.74) is 0.936. The molecule has 0 spiro atoms. The molecule has 0 bridgehead atoms. The minimum atomic E-state index is -0.309. The van der Waals surface area contributed by atoms with Crippen LogP contribution in [0, 0.1) is 0 Å². The molecule has 0 radical (unpaired) electrons. The zero-order valence-corrected chi connectivity index (χ0v) is 8.43. The Morgan fingerprint density at radius 1 is 1.21 bits per heavy atom. The molecule has 3 nitrogen and oxygen atoms in total. The summed E-state index contributed by atoms with van der Waals surface area (Å²) in [6.45, 7) is 2.08. The molecule has 3 heteroatoms. The fourth-order valence-corrected chi connectivity index (χ4v) is 1.49. The van der Waals surface area contributed by atoms with Crippen molar-refractivity contribution in [3.63, 3.8) is 0 Å². The average Bonchev–Trinajstić information content (AvgIpc) is 2.19. The van der Waals surface area contributed by atoms with Gasteiger partial charge in [0.2, 0.25) is 0 Å². The Balaban J connectivity index is 2.68. The van der Waals surface area contributed by atoms with Crippen LogP contribution in [0.4, 0.5) is 0 Å². The highest BCUT2D eigenvalue weighted by molar-refractivity contribution is 5.18. The van der Waals surface area contributed by atoms with Crippen molar-refractivity contribution in [3.05, 3.63) is 35.9 Å². The number of rotatable bonds is 5. The number of hydroxylamine groups is 2. The van der Waals surface area contributed by atoms with Gasteiger partial charge in [-0.2, -0.15) is 0 Å². The van der Waals surface area contributed by atoms with E-state index in [0.717, 1.165) is 24.8 Å². The van der Waals surface area contributed by atoms with Crippen LogP contribution in [-0.2, 0) is 0 Å². The van der Waals surface area contributed by atoms with E-state index in [1.807, 2.05) is 30.3 Å². The lowest BCUT2D eigenvalue weighted by molar-refractivity contribution is -0.335. The standard InChI is InChI=1S/C11H17NO2/c1-2-3-9-11(12(13)14)10-7-5-4-6-8-10/h4-8,11,13-14H,2-3,9H2,1H3. The Labute approximate surface area is 84.5 Å². The molecule has 0 aromatic heterocycles. The molecule has 1 rings (SSSR count). The van der Waals surface area contributed by atoms with Gasteiger partial charge in [0.1, 0.15) is 0 Å². The molecule has 2 N–H and O–H groups in total. The zero-order chi connectivity index (χ0) is 10.4. The molecule has 0 amide bonds. The number of nitrogens with zero attached hydrogens (tertiary/aromatic N) is 1. The van der Waals surface area contributed by atoms with E-state index < -0.39 is 0 Å². The summed E-state index contributed by atoms with van der Waals surface area (Å²) in [7, 11) is 0. The summed E-state index contributed by atoms with van der Waals surface area (Å²) >= 11 is 0. The van der Waals surface area contributed by atoms with Crippen molar-refractivity contribution in [2.24, 2.45) is 0 Å². The van der Waals surface area contributed by atoms with Gasteiger partial charge in [-0.25, -0.2) is 0 Å². The van der Waals surface area contributed by atoms with Crippen molar-refractivity contribution < 1.29 is 10.4 Å². The molecule has 78 valence electrons. The maximum atomic E-state index is 9.08. The number of hydrogen-bond acceptors (Lipinski definition) is 3. The van der Waals surface area contributed by atoms with Gasteiger partial charge in [0.25, 0.3) is 0 Å². The Bertz CT molecular complexity index is 249. The maximum absolute atomic E-state index is 9.08. The van der Waals surface area contributed by atoms with Crippen LogP contribution in [0.3, 0.4) is 0 Å². The number of unbranched alkanes of at least 4 members (excludes halogenated alkanes) is 1. The van der Waals surface area contributed by atoms with Crippen LogP contribution in [0.2, 0.25) is 0 Å². The van der Waals surface area contributed by atoms with Gasteiger partial charge in [-0.3, -0.25) is 10.4 Å². The van der Waals surface area contributed by atoms with E-state index in [1.54, 1.807) is 0 Å². The summed E-state index contributed by atoms with van der Waals surface area (Å²) in [5, 5.41) is 18.5. The lowest BCUT2D eigenvalue weighted by Gasteiger charge is -2.20. The molecule has 14 heavy (non-hydrogen) atoms. The molecule has 1 atom stereocenters. The molecule has 0 aliphatic rings. The zero-order valence-electron chi connectivity index (χ0n) is 8.43. The van der Waals surface area contributed by atoms with Gasteiger partial charge in [-0.05, 0) is 12.0 Å². The van der Waals surface area contributed by atoms with Crippen LogP contribution in [0.15, 0.2) is 30.3 Å². The summed E-state index contributed by atoms with van der Waals surface area (Å²) < 4.78 is 0. The van der Waals surface area contributed by atoms with Crippen molar-refractivity contribution >= 4 is 0 Å². The Hall–Kier alpha value is -0.900. The Kier molecular flexibility index (Phi) is 4.59. The van der Waals surface area contributed by atoms with Crippen LogP contribution >= 0.6 is 0 Å². The molecular weight excluding hydrogens is 178 g/mol. The monoisotopic (exact) mass is 195 g/mol. The van der Waals surface area contributed by atoms with Crippen molar-refractivity contribution in [2.45, 2.75) is 32.2 Å². The van der Waals surface area contributed by atoms with E-state index in [2.05, 4.69) is 6.92 Å². The fraction of sp³-hybridized carbons (Fsp3) is 0.455. The lowest BCUT2D eigenvalue weighted by atomic mass is 10.0. The molecule has 0 fully saturated rings. The molecule has 1 aromatic carbocycles. The van der Waals surface area contributed by atoms with Crippen LogP contribution in [0.1, 0.15) is 37.8 Å². The molecule has 0 heterocycles. The molecule has 1 aromatic rings. The first-order chi connectivity index (χ1) is 6.75. The molecule has 0 aliphatic carbocycles. The predicted octanol–water partition coefficient (Wildman–Crippen LogP) is 3.00. The second kappa shape index (κ2) is 5.75. The highest BCUT2D eigenvalue weighted by atomic mass is 16.8. The van der Waals surface area contributed by atoms with Crippen LogP contribution in [0.25, 0.3) is 0 Å². The molecular formula is C11H17NO2. The summed E-state index contributed by atoms with van der Waals surface area (Å²) in [4.78, 5) is 0. The first-order valence-corrected chi connectivity index (χ1v) is 4.97. The Morgan fingerprint density at radius 3 is 2.36 bits per heavy atom. The van der Waals surface area contributed by atoms with E-state index in [-0.39, 0.29) is 6.04 Å². The summed E-state index contributed by atoms with van der Waals surface area (Å²) in [6, 6.07) is 9.21. The SMILES string of the molecule is CCCCC(c1ccccc1)N(O)O. The maximum Gasteiger partial charge on any atom is 0.0873 e. The van der Waals surface area contributed by atoms with Crippen molar-refractivity contribution in [1.29, 1.82) is 0 Å². The van der Waals surface area contributed by atoms with E-state index in [0.29, 0.717) is 5.23 Å². The quantitative estimate of drug-likeness (QED) is 0.710. The van der Waals surface area contributed by atoms with Crippen LogP contribution < -0.4 is 0 Å². The summed E-state index contributed by atoms with van der Waals surface area (Å²) in [6.07, 6.45) is 2.79. The first-order valence-electron chi connectivity index (χ1n) is 4.97. The van der Waals surface area contributed by atoms with Gasteiger partial charge in [-0.15, -0.1) is 0 Å². The van der Waals surface area contributed by atoms with Gasteiger partial charge >= 0.3 is 0 Å². The molecule has 0 saturated carbocycles. The third-order valence-corrected chi connectivity index (χ3v) is 2.29. The number of hydrogen-bond donors (Lipinski definition) is 2. The van der Waals surface area contributed by atoms with Crippen LogP contribution in [0.5, 0.6) is 0 Å². The normalized spacial score (nSPS) is 13.1. The van der Waals surface area contributed by atoms with Gasteiger partial charge < -0.3 is 0 Å². The molecule has 1 unspecified atom stereocenters. The van der Waals surface area contributed by atoms with Crippen molar-refractivity contribution in [1.82, 2.24) is 5.23 Å². The lowest BCUT2D eigenvalue weighted by Crippen LogP contribution is -2.21. The van der Waals surface area contributed by atoms with E-state index in [4.69, 9.17) is 10.4 Å². The van der Waals surface area contributed by atoms with Gasteiger partial charge in [-0.1, -0.05) is 55.3 Å². The largest absolute Gasteiger partial charge is 0.289 e. The highest BCUT2D eigenvalue weighted by Crippen LogP contribution is 2.23. The second-order valence-corrected chi connectivity index (χ2v) is 3.39. The summed E-state index contributed by atoms with van der Waals surface area (Å²) in [5.74, 6) is 0. The minimum absolute atomic E-state index is 0.309. The van der Waals surface area contributed by atoms with Gasteiger partial charge in [0.05, 0.1) is 6.04 Å². The first kappa shape index (κ1) is 11.2. The fourth-order valence-electron chi connectivity index (χ4n) is 1.49. The smallest absolute Gasteiger partial charge is 0.0873 e. The van der Waals surface area contributed by atoms with E-state index in [9.17, 15) is 0 Å². The average molecular weight is 195 g/mol. The Morgan fingerprint density at radius 2 is 1.86 bits per heavy atom. The van der Waals surface area contributed by atoms with E-state index in [1.165, 1.54) is 0 Å². The van der Waals surface area contributed by atoms with Gasteiger partial charge in [0.15, 0.2) is 0 Å². The minimum Gasteiger partial charge on any atom is -0.289 e. The molecule has 0 saturated heterocycles. The number of benzene rings is 1. The highest BCUT2D eigenvalue weighted by Gasteiger charge is 2.15. The third kappa shape index (κ3) is 3.10. The van der Waals surface area contributed by atoms with E-state index >= 15 is 0 Å². The van der Waals surface area contributed by atoms with Crippen molar-refractivity contribution in [2.75, 3.05) is 0 Å².